The van der Waals surface area contributed by atoms with Crippen LogP contribution in [0.4, 0.5) is 11.9 Å². The maximum Gasteiger partial charge on any atom is 0.225 e. The number of aromatic nitrogens is 5. The van der Waals surface area contributed by atoms with Gasteiger partial charge < -0.3 is 34.6 Å². The monoisotopic (exact) mass is 625 g/mol. The molecule has 13 heteroatoms. The van der Waals surface area contributed by atoms with Crippen molar-refractivity contribution < 1.29 is 18.8 Å². The van der Waals surface area contributed by atoms with Crippen molar-refractivity contribution in [1.82, 2.24) is 30.0 Å². The number of aryl methyl sites for hydroxylation is 2. The molecule has 1 aliphatic heterocycles. The number of anilines is 2. The number of allylic oxidation sites excluding steroid dienone is 1. The number of furan rings is 1. The maximum absolute atomic E-state index is 11.8. The van der Waals surface area contributed by atoms with E-state index in [2.05, 4.69) is 27.3 Å². The van der Waals surface area contributed by atoms with Crippen molar-refractivity contribution in [3.05, 3.63) is 59.4 Å². The van der Waals surface area contributed by atoms with Gasteiger partial charge in [-0.3, -0.25) is 4.79 Å². The fourth-order valence-electron chi connectivity index (χ4n) is 5.97. The zero-order valence-corrected chi connectivity index (χ0v) is 26.7. The van der Waals surface area contributed by atoms with Gasteiger partial charge in [0.1, 0.15) is 17.2 Å². The molecule has 1 saturated carbocycles. The molecule has 0 bridgehead atoms. The van der Waals surface area contributed by atoms with Gasteiger partial charge in [-0.25, -0.2) is 19.9 Å². The molecule has 2 aliphatic rings. The van der Waals surface area contributed by atoms with Crippen molar-refractivity contribution in [1.29, 1.82) is 5.41 Å². The average Bonchev–Trinajstić information content (AvgIpc) is 3.40. The van der Waals surface area contributed by atoms with E-state index in [1.807, 2.05) is 37.1 Å². The molecule has 6 rings (SSSR count). The van der Waals surface area contributed by atoms with Crippen LogP contribution in [0.1, 0.15) is 62.2 Å². The number of amides is 1. The summed E-state index contributed by atoms with van der Waals surface area (Å²) in [5.74, 6) is 3.55. The van der Waals surface area contributed by atoms with Crippen LogP contribution in [0.5, 0.6) is 0 Å². The molecule has 2 fully saturated rings. The van der Waals surface area contributed by atoms with Gasteiger partial charge >= 0.3 is 0 Å². The predicted molar refractivity (Wildman–Crippen MR) is 174 cm³/mol. The molecule has 5 heterocycles. The Hall–Kier alpha value is -5.07. The van der Waals surface area contributed by atoms with Gasteiger partial charge in [0.15, 0.2) is 11.5 Å². The van der Waals surface area contributed by atoms with Gasteiger partial charge in [-0.2, -0.15) is 0 Å². The third-order valence-corrected chi connectivity index (χ3v) is 8.40. The van der Waals surface area contributed by atoms with E-state index in [1.54, 1.807) is 26.1 Å². The lowest BCUT2D eigenvalue weighted by molar-refractivity contribution is -0.129. The summed E-state index contributed by atoms with van der Waals surface area (Å²) in [6.07, 6.45) is 6.57. The highest BCUT2D eigenvalue weighted by Crippen LogP contribution is 2.52. The summed E-state index contributed by atoms with van der Waals surface area (Å²) in [5.41, 5.74) is 3.64. The SMILES string of the molecule is CC(=N)/C=C(\O)c1cnc(NC(C)CC2CC2c2nc(N3CCN(C(C)=O)CC3)ncc2-c2cc(C)no2)nc1-c1ccc(C)o1. The number of aliphatic hydroxyl groups excluding tert-OH is 1. The topological polar surface area (TPSA) is 170 Å². The molecule has 3 unspecified atom stereocenters. The molecule has 0 radical (unpaired) electrons. The Morgan fingerprint density at radius 1 is 1.13 bits per heavy atom. The maximum atomic E-state index is 11.8. The number of piperazine rings is 1. The van der Waals surface area contributed by atoms with Crippen LogP contribution in [-0.2, 0) is 4.79 Å². The summed E-state index contributed by atoms with van der Waals surface area (Å²) in [5, 5.41) is 25.9. The number of hydrogen-bond acceptors (Lipinski definition) is 12. The van der Waals surface area contributed by atoms with Gasteiger partial charge in [0, 0.05) is 75.3 Å². The first-order valence-corrected chi connectivity index (χ1v) is 15.5. The molecule has 1 saturated heterocycles. The Balaban J connectivity index is 1.19. The van der Waals surface area contributed by atoms with Crippen LogP contribution in [0.2, 0.25) is 0 Å². The first-order chi connectivity index (χ1) is 22.0. The van der Waals surface area contributed by atoms with Crippen molar-refractivity contribution >= 4 is 29.3 Å². The second-order valence-electron chi connectivity index (χ2n) is 12.3. The Labute approximate surface area is 267 Å². The lowest BCUT2D eigenvalue weighted by atomic mass is 10.0. The molecule has 4 aromatic rings. The van der Waals surface area contributed by atoms with E-state index < -0.39 is 0 Å². The van der Waals surface area contributed by atoms with Crippen LogP contribution in [0.3, 0.4) is 0 Å². The van der Waals surface area contributed by atoms with Gasteiger partial charge in [-0.1, -0.05) is 5.16 Å². The van der Waals surface area contributed by atoms with Crippen LogP contribution in [0, 0.1) is 25.2 Å². The largest absolute Gasteiger partial charge is 0.507 e. The van der Waals surface area contributed by atoms with Gasteiger partial charge in [-0.05, 0) is 58.6 Å². The first kappa shape index (κ1) is 30.9. The lowest BCUT2D eigenvalue weighted by Gasteiger charge is -2.34. The van der Waals surface area contributed by atoms with Gasteiger partial charge in [-0.15, -0.1) is 0 Å². The highest BCUT2D eigenvalue weighted by Gasteiger charge is 2.42. The Bertz CT molecular complexity index is 1790. The quantitative estimate of drug-likeness (QED) is 0.152. The molecule has 3 atom stereocenters. The van der Waals surface area contributed by atoms with Crippen LogP contribution >= 0.6 is 0 Å². The molecule has 1 amide bonds. The minimum atomic E-state index is -0.0975. The van der Waals surface area contributed by atoms with Crippen LogP contribution in [0.25, 0.3) is 28.5 Å². The molecule has 46 heavy (non-hydrogen) atoms. The van der Waals surface area contributed by atoms with E-state index in [4.69, 9.17) is 29.3 Å². The fraction of sp³-hybridized carbons (Fsp3) is 0.424. The fourth-order valence-corrected chi connectivity index (χ4v) is 5.97. The van der Waals surface area contributed by atoms with Crippen molar-refractivity contribution in [2.45, 2.75) is 59.4 Å². The molecule has 4 aromatic heterocycles. The Morgan fingerprint density at radius 2 is 1.91 bits per heavy atom. The standard InChI is InChI=1S/C33H39N9O4/c1-18(34)12-27(44)25-16-35-32(38-31(25)28-7-6-21(4)45-28)37-19(2)13-23-15-24(23)30-26(29-14-20(3)40-46-29)17-36-33(39-30)42-10-8-41(9-11-42)22(5)43/h6-7,12,14,16-17,19,23-24,34,44H,8-11,13,15H2,1-5H3,(H,35,37,38)/b27-12-,34-18?. The zero-order valence-electron chi connectivity index (χ0n) is 26.7. The Morgan fingerprint density at radius 3 is 2.57 bits per heavy atom. The van der Waals surface area contributed by atoms with E-state index in [0.717, 1.165) is 35.6 Å². The molecule has 240 valence electrons. The normalized spacial score (nSPS) is 18.8. The highest BCUT2D eigenvalue weighted by atomic mass is 16.5. The molecular formula is C33H39N9O4. The number of hydrogen-bond donors (Lipinski definition) is 3. The van der Waals surface area contributed by atoms with Crippen LogP contribution < -0.4 is 10.2 Å². The third kappa shape index (κ3) is 6.77. The summed E-state index contributed by atoms with van der Waals surface area (Å²) in [6, 6.07) is 5.59. The molecule has 0 aromatic carbocycles. The van der Waals surface area contributed by atoms with Gasteiger partial charge in [0.05, 0.1) is 22.5 Å². The number of aliphatic hydroxyl groups is 1. The predicted octanol–water partition coefficient (Wildman–Crippen LogP) is 5.40. The summed E-state index contributed by atoms with van der Waals surface area (Å²) in [6.45, 7) is 11.7. The molecule has 0 spiro atoms. The first-order valence-electron chi connectivity index (χ1n) is 15.5. The van der Waals surface area contributed by atoms with Crippen molar-refractivity contribution in [3.8, 4) is 22.8 Å². The number of nitrogens with zero attached hydrogens (tertiary/aromatic N) is 7. The lowest BCUT2D eigenvalue weighted by Crippen LogP contribution is -2.48. The Kier molecular flexibility index (Phi) is 8.57. The number of carbonyl (C=O) groups excluding carboxylic acids is 1. The number of nitrogens with one attached hydrogen (secondary N) is 2. The van der Waals surface area contributed by atoms with Crippen molar-refractivity contribution in [2.75, 3.05) is 36.4 Å². The van der Waals surface area contributed by atoms with Gasteiger partial charge in [0.25, 0.3) is 0 Å². The summed E-state index contributed by atoms with van der Waals surface area (Å²) in [4.78, 5) is 34.8. The molecule has 13 nitrogen and oxygen atoms in total. The molecular weight excluding hydrogens is 586 g/mol. The van der Waals surface area contributed by atoms with E-state index in [0.29, 0.717) is 66.8 Å². The van der Waals surface area contributed by atoms with E-state index in [9.17, 15) is 9.90 Å². The number of carbonyl (C=O) groups is 1. The second kappa shape index (κ2) is 12.7. The smallest absolute Gasteiger partial charge is 0.225 e. The van der Waals surface area contributed by atoms with E-state index in [-0.39, 0.29) is 29.3 Å². The second-order valence-corrected chi connectivity index (χ2v) is 12.3. The van der Waals surface area contributed by atoms with Crippen molar-refractivity contribution in [2.24, 2.45) is 5.92 Å². The van der Waals surface area contributed by atoms with E-state index >= 15 is 0 Å². The minimum Gasteiger partial charge on any atom is -0.507 e. The summed E-state index contributed by atoms with van der Waals surface area (Å²) >= 11 is 0. The number of rotatable bonds is 10. The van der Waals surface area contributed by atoms with Crippen molar-refractivity contribution in [3.63, 3.8) is 0 Å². The molecule has 3 N–H and O–H groups in total. The summed E-state index contributed by atoms with van der Waals surface area (Å²) in [7, 11) is 0. The molecule has 1 aliphatic carbocycles. The average molecular weight is 626 g/mol. The third-order valence-electron chi connectivity index (χ3n) is 8.40. The van der Waals surface area contributed by atoms with Crippen LogP contribution in [-0.4, -0.2) is 78.9 Å². The van der Waals surface area contributed by atoms with Gasteiger partial charge in [0.2, 0.25) is 17.8 Å². The van der Waals surface area contributed by atoms with Crippen LogP contribution in [0.15, 0.2) is 45.6 Å². The van der Waals surface area contributed by atoms with E-state index in [1.165, 1.54) is 6.08 Å². The zero-order chi connectivity index (χ0) is 32.5. The highest BCUT2D eigenvalue weighted by molar-refractivity contribution is 5.96. The minimum absolute atomic E-state index is 0.0388. The summed E-state index contributed by atoms with van der Waals surface area (Å²) < 4.78 is 11.5.